The van der Waals surface area contributed by atoms with Gasteiger partial charge in [0.25, 0.3) is 5.91 Å². The van der Waals surface area contributed by atoms with Gasteiger partial charge < -0.3 is 9.47 Å². The smallest absolute Gasteiger partial charge is 0.279 e. The Balaban J connectivity index is 2.12. The molecule has 0 unspecified atom stereocenters. The minimum Gasteiger partial charge on any atom is -0.454 e. The van der Waals surface area contributed by atoms with Crippen molar-refractivity contribution >= 4 is 15.9 Å². The van der Waals surface area contributed by atoms with E-state index < -0.39 is 15.9 Å². The highest BCUT2D eigenvalue weighted by molar-refractivity contribution is 7.89. The second-order valence-electron chi connectivity index (χ2n) is 5.08. The summed E-state index contributed by atoms with van der Waals surface area (Å²) in [5.74, 6) is -0.640. The summed E-state index contributed by atoms with van der Waals surface area (Å²) in [5, 5.41) is 8.92. The van der Waals surface area contributed by atoms with E-state index in [2.05, 4.69) is 0 Å². The minimum atomic E-state index is -3.84. The maximum atomic E-state index is 12.8. The molecule has 2 N–H and O–H groups in total. The van der Waals surface area contributed by atoms with Gasteiger partial charge in [0.15, 0.2) is 11.5 Å². The maximum absolute atomic E-state index is 12.8. The Kier molecular flexibility index (Phi) is 3.94. The lowest BCUT2D eigenvalue weighted by Gasteiger charge is -2.26. The number of sulfonamides is 1. The van der Waals surface area contributed by atoms with Gasteiger partial charge in [0.05, 0.1) is 4.90 Å². The predicted molar refractivity (Wildman–Crippen MR) is 74.4 cm³/mol. The van der Waals surface area contributed by atoms with E-state index in [0.717, 1.165) is 19.3 Å². The Bertz CT molecular complexity index is 697. The summed E-state index contributed by atoms with van der Waals surface area (Å²) in [5.41, 5.74) is 1.24. The minimum absolute atomic E-state index is 0.0321. The molecule has 2 aliphatic rings. The number of piperidine rings is 1. The number of nitrogens with one attached hydrogen (secondary N) is 1. The van der Waals surface area contributed by atoms with E-state index in [1.165, 1.54) is 21.9 Å². The fraction of sp³-hybridized carbons (Fsp3) is 0.462. The number of fused-ring (bicyclic) bond motifs is 1. The first kappa shape index (κ1) is 15.1. The first-order valence-corrected chi connectivity index (χ1v) is 8.37. The summed E-state index contributed by atoms with van der Waals surface area (Å²) in [7, 11) is -3.84. The average molecular weight is 328 g/mol. The highest BCUT2D eigenvalue weighted by atomic mass is 32.2. The second-order valence-corrected chi connectivity index (χ2v) is 6.98. The van der Waals surface area contributed by atoms with Crippen LogP contribution >= 0.6 is 0 Å². The number of carbonyl (C=O) groups is 1. The van der Waals surface area contributed by atoms with E-state index in [0.29, 0.717) is 13.1 Å². The van der Waals surface area contributed by atoms with Crippen LogP contribution in [0.25, 0.3) is 0 Å². The number of hydrogen-bond acceptors (Lipinski definition) is 6. The highest BCUT2D eigenvalue weighted by Gasteiger charge is 2.35. The van der Waals surface area contributed by atoms with Crippen LogP contribution in [0.1, 0.15) is 29.6 Å². The van der Waals surface area contributed by atoms with Crippen molar-refractivity contribution in [3.05, 3.63) is 17.7 Å². The van der Waals surface area contributed by atoms with Crippen LogP contribution in [-0.2, 0) is 10.0 Å². The zero-order valence-corrected chi connectivity index (χ0v) is 12.6. The van der Waals surface area contributed by atoms with Crippen LogP contribution in [0.3, 0.4) is 0 Å². The van der Waals surface area contributed by atoms with E-state index in [1.54, 1.807) is 0 Å². The van der Waals surface area contributed by atoms with Gasteiger partial charge in [0.2, 0.25) is 16.8 Å². The van der Waals surface area contributed by atoms with Crippen molar-refractivity contribution in [2.45, 2.75) is 24.2 Å². The summed E-state index contributed by atoms with van der Waals surface area (Å²) >= 11 is 0. The maximum Gasteiger partial charge on any atom is 0.279 e. The fourth-order valence-corrected chi connectivity index (χ4v) is 4.38. The van der Waals surface area contributed by atoms with Crippen LogP contribution in [0.15, 0.2) is 17.0 Å². The van der Waals surface area contributed by atoms with Gasteiger partial charge in [0.1, 0.15) is 5.56 Å². The van der Waals surface area contributed by atoms with Gasteiger partial charge in [-0.3, -0.25) is 10.0 Å². The molecule has 9 heteroatoms. The molecule has 0 aromatic heterocycles. The Morgan fingerprint density at radius 2 is 1.91 bits per heavy atom. The van der Waals surface area contributed by atoms with Crippen LogP contribution in [0.4, 0.5) is 0 Å². The molecule has 0 bridgehead atoms. The van der Waals surface area contributed by atoms with Gasteiger partial charge in [-0.1, -0.05) is 6.42 Å². The zero-order valence-electron chi connectivity index (χ0n) is 11.7. The second kappa shape index (κ2) is 5.75. The standard InChI is InChI=1S/C13H16N2O6S/c16-13(14-17)11-10(5-4-9-12(11)21-8-20-9)22(18,19)15-6-2-1-3-7-15/h4-5,17H,1-3,6-8H2,(H,14,16). The normalized spacial score (nSPS) is 18.2. The molecule has 3 rings (SSSR count). The van der Waals surface area contributed by atoms with Gasteiger partial charge in [0, 0.05) is 13.1 Å². The van der Waals surface area contributed by atoms with Crippen molar-refractivity contribution in [2.24, 2.45) is 0 Å². The SMILES string of the molecule is O=C(NO)c1c(S(=O)(=O)N2CCCCC2)ccc2c1OCO2. The molecule has 1 fully saturated rings. The molecule has 1 amide bonds. The summed E-state index contributed by atoms with van der Waals surface area (Å²) in [6, 6.07) is 2.76. The van der Waals surface area contributed by atoms with Crippen LogP contribution in [0, 0.1) is 0 Å². The first-order chi connectivity index (χ1) is 10.6. The molecule has 0 radical (unpaired) electrons. The van der Waals surface area contributed by atoms with Crippen LogP contribution in [-0.4, -0.2) is 43.7 Å². The molecular weight excluding hydrogens is 312 g/mol. The van der Waals surface area contributed by atoms with Gasteiger partial charge in [-0.25, -0.2) is 13.9 Å². The molecule has 120 valence electrons. The molecule has 22 heavy (non-hydrogen) atoms. The lowest BCUT2D eigenvalue weighted by Crippen LogP contribution is -2.37. The number of hydrogen-bond donors (Lipinski definition) is 2. The van der Waals surface area contributed by atoms with Crippen LogP contribution in [0.2, 0.25) is 0 Å². The quantitative estimate of drug-likeness (QED) is 0.625. The Morgan fingerprint density at radius 1 is 1.18 bits per heavy atom. The molecule has 0 atom stereocenters. The lowest BCUT2D eigenvalue weighted by atomic mass is 10.2. The summed E-state index contributed by atoms with van der Waals surface area (Å²) in [6.07, 6.45) is 2.55. The number of carbonyl (C=O) groups excluding carboxylic acids is 1. The van der Waals surface area contributed by atoms with Crippen LogP contribution in [0.5, 0.6) is 11.5 Å². The van der Waals surface area contributed by atoms with Crippen molar-refractivity contribution in [3.63, 3.8) is 0 Å². The number of rotatable bonds is 3. The fourth-order valence-electron chi connectivity index (χ4n) is 2.68. The average Bonchev–Trinajstić information content (AvgIpc) is 3.02. The molecule has 1 aromatic rings. The predicted octanol–water partition coefficient (Wildman–Crippen LogP) is 0.709. The molecule has 0 aliphatic carbocycles. The van der Waals surface area contributed by atoms with Gasteiger partial charge >= 0.3 is 0 Å². The topological polar surface area (TPSA) is 105 Å². The first-order valence-electron chi connectivity index (χ1n) is 6.93. The van der Waals surface area contributed by atoms with Crippen molar-refractivity contribution in [1.29, 1.82) is 0 Å². The number of hydroxylamine groups is 1. The third-order valence-corrected chi connectivity index (χ3v) is 5.70. The number of benzene rings is 1. The van der Waals surface area contributed by atoms with E-state index in [4.69, 9.17) is 14.7 Å². The molecule has 2 aliphatic heterocycles. The zero-order chi connectivity index (χ0) is 15.7. The molecule has 1 aromatic carbocycles. The van der Waals surface area contributed by atoms with Crippen molar-refractivity contribution < 1.29 is 27.9 Å². The summed E-state index contributed by atoms with van der Waals surface area (Å²) < 4.78 is 37.3. The number of nitrogens with zero attached hydrogens (tertiary/aromatic N) is 1. The van der Waals surface area contributed by atoms with E-state index >= 15 is 0 Å². The third kappa shape index (κ3) is 2.40. The van der Waals surface area contributed by atoms with Crippen LogP contribution < -0.4 is 15.0 Å². The largest absolute Gasteiger partial charge is 0.454 e. The van der Waals surface area contributed by atoms with E-state index in [1.807, 2.05) is 0 Å². The monoisotopic (exact) mass is 328 g/mol. The van der Waals surface area contributed by atoms with Crippen molar-refractivity contribution in [2.75, 3.05) is 19.9 Å². The van der Waals surface area contributed by atoms with Gasteiger partial charge in [-0.05, 0) is 25.0 Å². The molecular formula is C13H16N2O6S. The van der Waals surface area contributed by atoms with E-state index in [9.17, 15) is 13.2 Å². The highest BCUT2D eigenvalue weighted by Crippen LogP contribution is 2.40. The third-order valence-electron chi connectivity index (χ3n) is 3.76. The van der Waals surface area contributed by atoms with E-state index in [-0.39, 0.29) is 28.8 Å². The Morgan fingerprint density at radius 3 is 2.59 bits per heavy atom. The molecule has 2 heterocycles. The Labute approximate surface area is 127 Å². The number of amides is 1. The molecule has 1 saturated heterocycles. The molecule has 0 spiro atoms. The van der Waals surface area contributed by atoms with Gasteiger partial charge in [-0.2, -0.15) is 4.31 Å². The van der Waals surface area contributed by atoms with Crippen molar-refractivity contribution in [3.8, 4) is 11.5 Å². The van der Waals surface area contributed by atoms with Crippen molar-refractivity contribution in [1.82, 2.24) is 9.79 Å². The number of ether oxygens (including phenoxy) is 2. The Hall–Kier alpha value is -1.84. The molecule has 8 nitrogen and oxygen atoms in total. The lowest BCUT2D eigenvalue weighted by molar-refractivity contribution is 0.0697. The molecule has 0 saturated carbocycles. The summed E-state index contributed by atoms with van der Waals surface area (Å²) in [6.45, 7) is 0.724. The van der Waals surface area contributed by atoms with Gasteiger partial charge in [-0.15, -0.1) is 0 Å². The summed E-state index contributed by atoms with van der Waals surface area (Å²) in [4.78, 5) is 11.8.